The van der Waals surface area contributed by atoms with E-state index in [-0.39, 0.29) is 0 Å². The highest BCUT2D eigenvalue weighted by atomic mass is 35.5. The number of nitrogens with zero attached hydrogens (tertiary/aromatic N) is 2. The zero-order valence-electron chi connectivity index (χ0n) is 9.57. The normalized spacial score (nSPS) is 10.1. The first-order valence-electron chi connectivity index (χ1n) is 5.13. The molecule has 5 heteroatoms. The molecule has 0 unspecified atom stereocenters. The van der Waals surface area contributed by atoms with Gasteiger partial charge in [-0.1, -0.05) is 11.6 Å². The van der Waals surface area contributed by atoms with E-state index in [9.17, 15) is 0 Å². The molecule has 2 aromatic rings. The lowest BCUT2D eigenvalue weighted by atomic mass is 10.2. The maximum Gasteiger partial charge on any atom is 0.224 e. The summed E-state index contributed by atoms with van der Waals surface area (Å²) < 4.78 is 5.61. The molecule has 2 rings (SSSR count). The van der Waals surface area contributed by atoms with Gasteiger partial charge in [-0.3, -0.25) is 0 Å². The summed E-state index contributed by atoms with van der Waals surface area (Å²) in [6.07, 6.45) is 1.45. The second-order valence-corrected chi connectivity index (χ2v) is 3.91. The summed E-state index contributed by atoms with van der Waals surface area (Å²) in [5.74, 6) is 1.90. The molecule has 0 amide bonds. The minimum Gasteiger partial charge on any atom is -0.439 e. The molecule has 17 heavy (non-hydrogen) atoms. The van der Waals surface area contributed by atoms with Crippen LogP contribution in [0.4, 0.5) is 5.82 Å². The van der Waals surface area contributed by atoms with Gasteiger partial charge in [0, 0.05) is 18.1 Å². The molecule has 4 nitrogen and oxygen atoms in total. The van der Waals surface area contributed by atoms with Crippen molar-refractivity contribution in [1.82, 2.24) is 9.97 Å². The molecule has 0 fully saturated rings. The largest absolute Gasteiger partial charge is 0.439 e. The van der Waals surface area contributed by atoms with Crippen molar-refractivity contribution in [2.75, 3.05) is 12.4 Å². The van der Waals surface area contributed by atoms with E-state index >= 15 is 0 Å². The highest BCUT2D eigenvalue weighted by Gasteiger charge is 2.02. The van der Waals surface area contributed by atoms with Gasteiger partial charge in [0.05, 0.1) is 0 Å². The number of hydrogen-bond donors (Lipinski definition) is 1. The van der Waals surface area contributed by atoms with Crippen molar-refractivity contribution in [3.8, 4) is 11.6 Å². The fourth-order valence-corrected chi connectivity index (χ4v) is 1.45. The summed E-state index contributed by atoms with van der Waals surface area (Å²) in [7, 11) is 1.79. The van der Waals surface area contributed by atoms with Crippen LogP contribution in [0.25, 0.3) is 0 Å². The molecule has 0 saturated heterocycles. The minimum absolute atomic E-state index is 0.492. The Morgan fingerprint density at radius 2 is 2.06 bits per heavy atom. The smallest absolute Gasteiger partial charge is 0.224 e. The van der Waals surface area contributed by atoms with Crippen molar-refractivity contribution in [2.45, 2.75) is 6.92 Å². The molecular weight excluding hydrogens is 238 g/mol. The molecule has 0 radical (unpaired) electrons. The Balaban J connectivity index is 2.22. The van der Waals surface area contributed by atoms with Gasteiger partial charge in [-0.2, -0.15) is 0 Å². The quantitative estimate of drug-likeness (QED) is 0.907. The van der Waals surface area contributed by atoms with E-state index in [1.165, 1.54) is 6.33 Å². The number of anilines is 1. The maximum absolute atomic E-state index is 5.94. The summed E-state index contributed by atoms with van der Waals surface area (Å²) >= 11 is 5.94. The Morgan fingerprint density at radius 3 is 2.76 bits per heavy atom. The molecule has 0 saturated carbocycles. The van der Waals surface area contributed by atoms with E-state index in [1.807, 2.05) is 13.0 Å². The van der Waals surface area contributed by atoms with Gasteiger partial charge >= 0.3 is 0 Å². The summed E-state index contributed by atoms with van der Waals surface area (Å²) in [5.41, 5.74) is 0.965. The Bertz CT molecular complexity index is 531. The molecule has 0 aliphatic carbocycles. The van der Waals surface area contributed by atoms with Gasteiger partial charge in [-0.25, -0.2) is 9.97 Å². The third kappa shape index (κ3) is 2.85. The Hall–Kier alpha value is -1.81. The highest BCUT2D eigenvalue weighted by molar-refractivity contribution is 6.31. The monoisotopic (exact) mass is 249 g/mol. The number of aryl methyl sites for hydroxylation is 1. The highest BCUT2D eigenvalue weighted by Crippen LogP contribution is 2.25. The summed E-state index contributed by atoms with van der Waals surface area (Å²) in [6, 6.07) is 7.19. The molecular formula is C12H12ClN3O. The number of benzene rings is 1. The van der Waals surface area contributed by atoms with Gasteiger partial charge in [0.15, 0.2) is 0 Å². The van der Waals surface area contributed by atoms with E-state index in [1.54, 1.807) is 25.2 Å². The first-order valence-corrected chi connectivity index (χ1v) is 5.50. The van der Waals surface area contributed by atoms with Crippen LogP contribution in [0.15, 0.2) is 30.6 Å². The summed E-state index contributed by atoms with van der Waals surface area (Å²) in [4.78, 5) is 8.04. The lowest BCUT2D eigenvalue weighted by molar-refractivity contribution is 0.461. The first kappa shape index (κ1) is 11.7. The van der Waals surface area contributed by atoms with E-state index in [0.717, 1.165) is 10.6 Å². The third-order valence-corrected chi connectivity index (χ3v) is 2.67. The maximum atomic E-state index is 5.94. The second kappa shape index (κ2) is 5.01. The molecule has 0 bridgehead atoms. The van der Waals surface area contributed by atoms with Gasteiger partial charge in [-0.15, -0.1) is 0 Å². The van der Waals surface area contributed by atoms with Crippen molar-refractivity contribution < 1.29 is 4.74 Å². The van der Waals surface area contributed by atoms with E-state index in [2.05, 4.69) is 15.3 Å². The van der Waals surface area contributed by atoms with Gasteiger partial charge in [0.1, 0.15) is 17.9 Å². The van der Waals surface area contributed by atoms with Crippen molar-refractivity contribution in [1.29, 1.82) is 0 Å². The third-order valence-electron chi connectivity index (χ3n) is 2.25. The molecule has 88 valence electrons. The number of aromatic nitrogens is 2. The lowest BCUT2D eigenvalue weighted by Gasteiger charge is -2.07. The predicted octanol–water partition coefficient (Wildman–Crippen LogP) is 3.27. The van der Waals surface area contributed by atoms with Gasteiger partial charge in [-0.05, 0) is 30.7 Å². The molecule has 0 spiro atoms. The van der Waals surface area contributed by atoms with E-state index in [4.69, 9.17) is 16.3 Å². The molecule has 1 N–H and O–H groups in total. The average Bonchev–Trinajstić information content (AvgIpc) is 2.34. The van der Waals surface area contributed by atoms with Gasteiger partial charge in [0.2, 0.25) is 5.88 Å². The minimum atomic E-state index is 0.492. The molecule has 0 atom stereocenters. The second-order valence-electron chi connectivity index (χ2n) is 3.50. The fraction of sp³-hybridized carbons (Fsp3) is 0.167. The molecule has 1 aromatic heterocycles. The van der Waals surface area contributed by atoms with Crippen LogP contribution in [0.5, 0.6) is 11.6 Å². The molecule has 1 aromatic carbocycles. The van der Waals surface area contributed by atoms with Crippen LogP contribution in [0.2, 0.25) is 5.02 Å². The van der Waals surface area contributed by atoms with Crippen LogP contribution < -0.4 is 10.1 Å². The number of halogens is 1. The summed E-state index contributed by atoms with van der Waals surface area (Å²) in [5, 5.41) is 3.64. The Labute approximate surface area is 105 Å². The van der Waals surface area contributed by atoms with Crippen LogP contribution in [0.1, 0.15) is 5.56 Å². The van der Waals surface area contributed by atoms with Gasteiger partial charge < -0.3 is 10.1 Å². The van der Waals surface area contributed by atoms with E-state index in [0.29, 0.717) is 17.4 Å². The van der Waals surface area contributed by atoms with Crippen LogP contribution in [-0.2, 0) is 0 Å². The molecule has 0 aliphatic rings. The first-order chi connectivity index (χ1) is 8.19. The predicted molar refractivity (Wildman–Crippen MR) is 67.8 cm³/mol. The zero-order chi connectivity index (χ0) is 12.3. The van der Waals surface area contributed by atoms with Crippen LogP contribution in [0.3, 0.4) is 0 Å². The van der Waals surface area contributed by atoms with Crippen LogP contribution >= 0.6 is 11.6 Å². The Morgan fingerprint density at radius 1 is 1.24 bits per heavy atom. The van der Waals surface area contributed by atoms with Crippen molar-refractivity contribution in [3.05, 3.63) is 41.2 Å². The number of nitrogens with one attached hydrogen (secondary N) is 1. The van der Waals surface area contributed by atoms with Crippen LogP contribution in [0, 0.1) is 6.92 Å². The molecule has 0 aliphatic heterocycles. The fourth-order valence-electron chi connectivity index (χ4n) is 1.33. The molecule has 1 heterocycles. The SMILES string of the molecule is CNc1cc(Oc2ccc(Cl)c(C)c2)ncn1. The van der Waals surface area contributed by atoms with E-state index < -0.39 is 0 Å². The van der Waals surface area contributed by atoms with Crippen molar-refractivity contribution in [2.24, 2.45) is 0 Å². The number of hydrogen-bond acceptors (Lipinski definition) is 4. The number of rotatable bonds is 3. The summed E-state index contributed by atoms with van der Waals surface area (Å²) in [6.45, 7) is 1.92. The standard InChI is InChI=1S/C12H12ClN3O/c1-8-5-9(3-4-10(8)13)17-12-6-11(14-2)15-7-16-12/h3-7H,1-2H3,(H,14,15,16). The van der Waals surface area contributed by atoms with Gasteiger partial charge in [0.25, 0.3) is 0 Å². The van der Waals surface area contributed by atoms with Crippen molar-refractivity contribution in [3.63, 3.8) is 0 Å². The zero-order valence-corrected chi connectivity index (χ0v) is 10.3. The Kier molecular flexibility index (Phi) is 3.44. The van der Waals surface area contributed by atoms with Crippen molar-refractivity contribution >= 4 is 17.4 Å². The average molecular weight is 250 g/mol. The lowest BCUT2D eigenvalue weighted by Crippen LogP contribution is -1.95. The van der Waals surface area contributed by atoms with Crippen LogP contribution in [-0.4, -0.2) is 17.0 Å². The number of ether oxygens (including phenoxy) is 1. The topological polar surface area (TPSA) is 47.0 Å².